The summed E-state index contributed by atoms with van der Waals surface area (Å²) < 4.78 is 54.2. The normalized spacial score (nSPS) is 18.8. The molecule has 1 aliphatic carbocycles. The van der Waals surface area contributed by atoms with Gasteiger partial charge in [-0.2, -0.15) is 4.98 Å². The summed E-state index contributed by atoms with van der Waals surface area (Å²) in [6.07, 6.45) is 3.98. The molecule has 0 spiro atoms. The van der Waals surface area contributed by atoms with Crippen molar-refractivity contribution < 1.29 is 27.1 Å². The molecule has 1 heterocycles. The van der Waals surface area contributed by atoms with Crippen LogP contribution in [0, 0.1) is 11.6 Å². The number of carbonyl (C=O) groups excluding carboxylic acids is 1. The van der Waals surface area contributed by atoms with Gasteiger partial charge in [0.25, 0.3) is 0 Å². The second kappa shape index (κ2) is 10.6. The lowest BCUT2D eigenvalue weighted by molar-refractivity contribution is 0.103. The maximum absolute atomic E-state index is 14.0. The summed E-state index contributed by atoms with van der Waals surface area (Å²) in [5.41, 5.74) is 4.71. The number of ketones is 1. The van der Waals surface area contributed by atoms with Crippen LogP contribution in [0.5, 0.6) is 5.75 Å². The quantitative estimate of drug-likeness (QED) is 0.301. The van der Waals surface area contributed by atoms with Gasteiger partial charge in [0.2, 0.25) is 21.8 Å². The number of hydrogen-bond donors (Lipinski definition) is 4. The molecule has 0 saturated heterocycles. The number of phenolic OH excluding ortho intramolecular Hbond substituents is 1. The Morgan fingerprint density at radius 2 is 1.88 bits per heavy atom. The molecule has 1 aromatic carbocycles. The van der Waals surface area contributed by atoms with E-state index in [-0.39, 0.29) is 41.0 Å². The summed E-state index contributed by atoms with van der Waals surface area (Å²) in [6.45, 7) is 0. The van der Waals surface area contributed by atoms with Crippen LogP contribution in [0.15, 0.2) is 18.3 Å². The van der Waals surface area contributed by atoms with Crippen molar-refractivity contribution in [1.82, 2.24) is 14.7 Å². The zero-order valence-electron chi connectivity index (χ0n) is 17.5. The van der Waals surface area contributed by atoms with Crippen molar-refractivity contribution in [2.75, 3.05) is 22.7 Å². The summed E-state index contributed by atoms with van der Waals surface area (Å²) in [4.78, 5) is 20.6. The second-order valence-electron chi connectivity index (χ2n) is 7.75. The van der Waals surface area contributed by atoms with E-state index >= 15 is 0 Å². The van der Waals surface area contributed by atoms with Gasteiger partial charge in [0.1, 0.15) is 17.1 Å². The van der Waals surface area contributed by atoms with Crippen molar-refractivity contribution in [1.29, 1.82) is 0 Å². The molecule has 0 bridgehead atoms. The number of phenols is 1. The topological polar surface area (TPSA) is 147 Å². The lowest BCUT2D eigenvalue weighted by Crippen LogP contribution is -2.41. The van der Waals surface area contributed by atoms with E-state index in [1.165, 1.54) is 0 Å². The predicted octanol–water partition coefficient (Wildman–Crippen LogP) is 2.54. The summed E-state index contributed by atoms with van der Waals surface area (Å²) in [7, 11) is -3.37. The lowest BCUT2D eigenvalue weighted by Gasteiger charge is -2.29. The molecule has 0 radical (unpaired) electrons. The smallest absolute Gasteiger partial charge is 0.224 e. The number of halogens is 3. The molecule has 1 fully saturated rings. The molecule has 180 valence electrons. The molecule has 5 N–H and O–H groups in total. The Bertz CT molecular complexity index is 1130. The first kappa shape index (κ1) is 25.1. The number of benzene rings is 1. The van der Waals surface area contributed by atoms with Crippen molar-refractivity contribution >= 4 is 39.2 Å². The number of hydrogen-bond acceptors (Lipinski definition) is 8. The molecule has 1 saturated carbocycles. The number of aromatic hydroxyl groups is 1. The highest BCUT2D eigenvalue weighted by Crippen LogP contribution is 2.27. The minimum Gasteiger partial charge on any atom is -0.507 e. The molecule has 0 unspecified atom stereocenters. The molecule has 0 atom stereocenters. The molecular formula is C20H24ClF2N5O4S. The summed E-state index contributed by atoms with van der Waals surface area (Å²) in [5.74, 6) is -4.40. The van der Waals surface area contributed by atoms with Crippen molar-refractivity contribution in [3.05, 3.63) is 41.1 Å². The van der Waals surface area contributed by atoms with Crippen molar-refractivity contribution in [2.45, 2.75) is 44.2 Å². The van der Waals surface area contributed by atoms with Gasteiger partial charge in [-0.3, -0.25) is 4.79 Å². The van der Waals surface area contributed by atoms with Crippen LogP contribution < -0.4 is 15.8 Å². The van der Waals surface area contributed by atoms with Gasteiger partial charge >= 0.3 is 0 Å². The fourth-order valence-electron chi connectivity index (χ4n) is 3.63. The molecule has 33 heavy (non-hydrogen) atoms. The highest BCUT2D eigenvalue weighted by Gasteiger charge is 2.27. The Morgan fingerprint density at radius 1 is 1.21 bits per heavy atom. The van der Waals surface area contributed by atoms with E-state index in [0.717, 1.165) is 12.3 Å². The van der Waals surface area contributed by atoms with Crippen LogP contribution in [-0.2, 0) is 10.0 Å². The second-order valence-corrected chi connectivity index (χ2v) is 10.0. The monoisotopic (exact) mass is 503 g/mol. The fraction of sp³-hybridized carbons (Fsp3) is 0.450. The van der Waals surface area contributed by atoms with Gasteiger partial charge in [-0.25, -0.2) is 26.9 Å². The number of nitrogen functional groups attached to an aromatic ring is 1. The Kier molecular flexibility index (Phi) is 8.03. The minimum absolute atomic E-state index is 0.00976. The maximum Gasteiger partial charge on any atom is 0.224 e. The largest absolute Gasteiger partial charge is 0.507 e. The summed E-state index contributed by atoms with van der Waals surface area (Å²) >= 11 is 5.55. The first-order valence-corrected chi connectivity index (χ1v) is 12.5. The van der Waals surface area contributed by atoms with E-state index in [1.807, 2.05) is 0 Å². The molecule has 1 aliphatic rings. The average molecular weight is 504 g/mol. The van der Waals surface area contributed by atoms with Crippen molar-refractivity contribution in [3.8, 4) is 5.75 Å². The van der Waals surface area contributed by atoms with Crippen LogP contribution in [-0.4, -0.2) is 53.0 Å². The average Bonchev–Trinajstić information content (AvgIpc) is 2.76. The first-order chi connectivity index (χ1) is 15.6. The number of nitrogens with zero attached hydrogens (tertiary/aromatic N) is 2. The van der Waals surface area contributed by atoms with Gasteiger partial charge in [0, 0.05) is 24.2 Å². The Morgan fingerprint density at radius 3 is 2.52 bits per heavy atom. The van der Waals surface area contributed by atoms with Crippen LogP contribution >= 0.6 is 11.6 Å². The van der Waals surface area contributed by atoms with E-state index in [1.54, 1.807) is 0 Å². The third-order valence-electron chi connectivity index (χ3n) is 5.32. The highest BCUT2D eigenvalue weighted by atomic mass is 35.5. The number of nitrogens with one attached hydrogen (secondary N) is 2. The van der Waals surface area contributed by atoms with E-state index in [4.69, 9.17) is 17.3 Å². The molecule has 1 aromatic heterocycles. The number of carbonyl (C=O) groups is 1. The van der Waals surface area contributed by atoms with E-state index in [2.05, 4.69) is 20.0 Å². The Balaban J connectivity index is 1.62. The van der Waals surface area contributed by atoms with Gasteiger partial charge in [-0.15, -0.1) is 11.6 Å². The molecule has 9 nitrogen and oxygen atoms in total. The van der Waals surface area contributed by atoms with E-state index in [9.17, 15) is 27.1 Å². The standard InChI is InChI=1S/C20H24ClF2N5O4S/c21-8-1-9-33(31,32)28-12-4-2-11(3-5-12)26-20-25-10-13(19(24)27-20)18(30)16-15(29)7-6-14(22)17(16)23/h6-7,10-12,28-29H,1-5,8-9H2,(H3,24,25,26,27). The van der Waals surface area contributed by atoms with E-state index in [0.29, 0.717) is 38.2 Å². The van der Waals surface area contributed by atoms with Crippen molar-refractivity contribution in [2.24, 2.45) is 0 Å². The summed E-state index contributed by atoms with van der Waals surface area (Å²) in [6, 6.07) is 1.36. The number of alkyl halides is 1. The van der Waals surface area contributed by atoms with Gasteiger partial charge in [-0.1, -0.05) is 0 Å². The number of sulfonamides is 1. The van der Waals surface area contributed by atoms with Crippen LogP contribution in [0.4, 0.5) is 20.5 Å². The third kappa shape index (κ3) is 6.27. The highest BCUT2D eigenvalue weighted by molar-refractivity contribution is 7.89. The number of rotatable bonds is 9. The molecule has 3 rings (SSSR count). The molecular weight excluding hydrogens is 480 g/mol. The van der Waals surface area contributed by atoms with Crippen LogP contribution in [0.2, 0.25) is 0 Å². The zero-order chi connectivity index (χ0) is 24.2. The van der Waals surface area contributed by atoms with Gasteiger partial charge in [0.05, 0.1) is 11.3 Å². The van der Waals surface area contributed by atoms with Gasteiger partial charge in [-0.05, 0) is 44.2 Å². The van der Waals surface area contributed by atoms with Gasteiger partial charge < -0.3 is 16.2 Å². The van der Waals surface area contributed by atoms with Crippen LogP contribution in [0.1, 0.15) is 48.0 Å². The van der Waals surface area contributed by atoms with Gasteiger partial charge in [0.15, 0.2) is 11.6 Å². The van der Waals surface area contributed by atoms with Crippen LogP contribution in [0.25, 0.3) is 0 Å². The molecule has 0 amide bonds. The fourth-order valence-corrected chi connectivity index (χ4v) is 5.30. The van der Waals surface area contributed by atoms with Crippen LogP contribution in [0.3, 0.4) is 0 Å². The number of anilines is 2. The predicted molar refractivity (Wildman–Crippen MR) is 120 cm³/mol. The lowest BCUT2D eigenvalue weighted by atomic mass is 9.92. The third-order valence-corrected chi connectivity index (χ3v) is 7.10. The SMILES string of the molecule is Nc1nc(NC2CCC(NS(=O)(=O)CCCCl)CC2)ncc1C(=O)c1c(O)ccc(F)c1F. The summed E-state index contributed by atoms with van der Waals surface area (Å²) in [5, 5.41) is 12.9. The molecule has 13 heteroatoms. The minimum atomic E-state index is -3.37. The number of nitrogens with two attached hydrogens (primary N) is 1. The molecule has 0 aliphatic heterocycles. The van der Waals surface area contributed by atoms with E-state index < -0.39 is 38.8 Å². The zero-order valence-corrected chi connectivity index (χ0v) is 19.1. The molecule has 2 aromatic rings. The Labute approximate surface area is 194 Å². The first-order valence-electron chi connectivity index (χ1n) is 10.3. The maximum atomic E-state index is 14.0. The van der Waals surface area contributed by atoms with Crippen molar-refractivity contribution in [3.63, 3.8) is 0 Å². The number of aromatic nitrogens is 2. The Hall–Kier alpha value is -2.57.